The highest BCUT2D eigenvalue weighted by Crippen LogP contribution is 2.20. The molecule has 0 aromatic heterocycles. The number of quaternary nitrogens is 1. The van der Waals surface area contributed by atoms with Crippen molar-refractivity contribution in [3.8, 4) is 6.07 Å². The second-order valence-electron chi connectivity index (χ2n) is 9.26. The van der Waals surface area contributed by atoms with Gasteiger partial charge in [-0.2, -0.15) is 5.26 Å². The summed E-state index contributed by atoms with van der Waals surface area (Å²) in [6.07, 6.45) is 14.5. The van der Waals surface area contributed by atoms with Crippen molar-refractivity contribution in [2.24, 2.45) is 11.8 Å². The van der Waals surface area contributed by atoms with Crippen LogP contribution in [-0.4, -0.2) is 36.4 Å². The molecule has 3 rings (SSSR count). The predicted octanol–water partition coefficient (Wildman–Crippen LogP) is 2.54. The first-order chi connectivity index (χ1) is 16.5. The fourth-order valence-corrected chi connectivity index (χ4v) is 4.83. The van der Waals surface area contributed by atoms with Crippen LogP contribution < -0.4 is 10.4 Å². The van der Waals surface area contributed by atoms with Gasteiger partial charge < -0.3 is 20.0 Å². The van der Waals surface area contributed by atoms with Crippen molar-refractivity contribution in [3.63, 3.8) is 0 Å². The van der Waals surface area contributed by atoms with Crippen molar-refractivity contribution in [3.05, 3.63) is 35.9 Å². The predicted molar refractivity (Wildman–Crippen MR) is 125 cm³/mol. The molecule has 2 unspecified atom stereocenters. The number of carboxylic acids is 1. The number of nitrogens with zero attached hydrogens (tertiary/aromatic N) is 1. The van der Waals surface area contributed by atoms with Crippen LogP contribution in [0, 0.1) is 23.2 Å². The highest BCUT2D eigenvalue weighted by Gasteiger charge is 2.32. The van der Waals surface area contributed by atoms with E-state index in [-0.39, 0.29) is 12.2 Å². The van der Waals surface area contributed by atoms with Gasteiger partial charge in [0, 0.05) is 5.56 Å². The first-order valence-corrected chi connectivity index (χ1v) is 12.7. The lowest BCUT2D eigenvalue weighted by atomic mass is 9.89. The summed E-state index contributed by atoms with van der Waals surface area (Å²) in [5, 5.41) is 22.3. The number of rotatable bonds is 9. The normalized spacial score (nSPS) is 18.5. The average molecular weight is 471 g/mol. The number of benzene rings is 1. The third kappa shape index (κ3) is 9.26. The zero-order valence-corrected chi connectivity index (χ0v) is 20.2. The van der Waals surface area contributed by atoms with E-state index in [9.17, 15) is 19.5 Å². The Hall–Kier alpha value is -2.72. The molecule has 0 aliphatic heterocycles. The van der Waals surface area contributed by atoms with Crippen LogP contribution in [0.1, 0.15) is 87.9 Å². The minimum absolute atomic E-state index is 0.0555. The molecule has 2 N–H and O–H groups in total. The van der Waals surface area contributed by atoms with Crippen molar-refractivity contribution in [1.82, 2.24) is 0 Å². The Morgan fingerprint density at radius 2 is 1.53 bits per heavy atom. The van der Waals surface area contributed by atoms with Gasteiger partial charge in [0.15, 0.2) is 5.78 Å². The fourth-order valence-electron chi connectivity index (χ4n) is 4.83. The molecule has 2 aliphatic rings. The van der Waals surface area contributed by atoms with Gasteiger partial charge in [-0.05, 0) is 64.7 Å². The highest BCUT2D eigenvalue weighted by atomic mass is 16.5. The summed E-state index contributed by atoms with van der Waals surface area (Å²) in [5.74, 6) is -5.92. The molecular formula is C27H38N2O5. The van der Waals surface area contributed by atoms with E-state index < -0.39 is 36.0 Å². The maximum absolute atomic E-state index is 12.3. The molecule has 2 atom stereocenters. The molecule has 0 amide bonds. The standard InChI is InChI=1S/C15H15NO5.C12H23N/c1-2-21-15(20)12(8-11(9-16)14(18)19)13(17)10-6-4-3-5-7-10;1-3-7-11(8-4-1)13-12-9-5-2-6-10-12/h3-7,11-12H,2,8H2,1H3,(H,18,19);11-13H,1-10H2. The minimum Gasteiger partial charge on any atom is -0.549 e. The maximum Gasteiger partial charge on any atom is 0.316 e. The Labute approximate surface area is 202 Å². The lowest BCUT2D eigenvalue weighted by Crippen LogP contribution is -2.95. The van der Waals surface area contributed by atoms with Gasteiger partial charge in [0.2, 0.25) is 0 Å². The third-order valence-corrected chi connectivity index (χ3v) is 6.70. The van der Waals surface area contributed by atoms with Gasteiger partial charge in [0.25, 0.3) is 0 Å². The quantitative estimate of drug-likeness (QED) is 0.336. The minimum atomic E-state index is -1.62. The van der Waals surface area contributed by atoms with E-state index in [0.717, 1.165) is 12.1 Å². The summed E-state index contributed by atoms with van der Waals surface area (Å²) >= 11 is 0. The number of carbonyl (C=O) groups excluding carboxylic acids is 3. The van der Waals surface area contributed by atoms with Crippen LogP contribution in [0.3, 0.4) is 0 Å². The van der Waals surface area contributed by atoms with Crippen LogP contribution in [0.4, 0.5) is 0 Å². The zero-order valence-electron chi connectivity index (χ0n) is 20.2. The number of aliphatic carboxylic acids is 1. The molecule has 2 fully saturated rings. The zero-order chi connectivity index (χ0) is 24.8. The highest BCUT2D eigenvalue weighted by molar-refractivity contribution is 6.08. The Kier molecular flexibility index (Phi) is 12.3. The second-order valence-corrected chi connectivity index (χ2v) is 9.26. The van der Waals surface area contributed by atoms with Crippen molar-refractivity contribution < 1.29 is 29.5 Å². The molecule has 34 heavy (non-hydrogen) atoms. The van der Waals surface area contributed by atoms with Crippen LogP contribution in [0.25, 0.3) is 0 Å². The molecule has 2 aliphatic carbocycles. The maximum atomic E-state index is 12.3. The van der Waals surface area contributed by atoms with Crippen LogP contribution in [-0.2, 0) is 14.3 Å². The molecule has 0 bridgehead atoms. The lowest BCUT2D eigenvalue weighted by molar-refractivity contribution is -0.725. The second kappa shape index (κ2) is 15.2. The smallest absolute Gasteiger partial charge is 0.316 e. The van der Waals surface area contributed by atoms with E-state index >= 15 is 0 Å². The van der Waals surface area contributed by atoms with Gasteiger partial charge in [0.1, 0.15) is 5.92 Å². The number of hydrogen-bond donors (Lipinski definition) is 1. The first kappa shape index (κ1) is 27.5. The number of esters is 1. The van der Waals surface area contributed by atoms with Gasteiger partial charge in [0.05, 0.1) is 36.6 Å². The summed E-state index contributed by atoms with van der Waals surface area (Å²) in [6, 6.07) is 11.5. The van der Waals surface area contributed by atoms with E-state index in [1.165, 1.54) is 82.4 Å². The molecule has 7 nitrogen and oxygen atoms in total. The molecule has 7 heteroatoms. The van der Waals surface area contributed by atoms with Crippen molar-refractivity contribution >= 4 is 17.7 Å². The van der Waals surface area contributed by atoms with Gasteiger partial charge in [-0.15, -0.1) is 0 Å². The summed E-state index contributed by atoms with van der Waals surface area (Å²) in [4.78, 5) is 35.0. The summed E-state index contributed by atoms with van der Waals surface area (Å²) in [6.45, 7) is 1.63. The van der Waals surface area contributed by atoms with E-state index in [2.05, 4.69) is 5.32 Å². The van der Waals surface area contributed by atoms with Crippen molar-refractivity contribution in [2.75, 3.05) is 6.61 Å². The number of ketones is 1. The van der Waals surface area contributed by atoms with Crippen LogP contribution in [0.15, 0.2) is 30.3 Å². The summed E-state index contributed by atoms with van der Waals surface area (Å²) in [5.41, 5.74) is 0.255. The third-order valence-electron chi connectivity index (χ3n) is 6.70. The topological polar surface area (TPSA) is 124 Å². The van der Waals surface area contributed by atoms with Gasteiger partial charge in [-0.3, -0.25) is 9.59 Å². The molecule has 1 aromatic carbocycles. The number of hydrogen-bond acceptors (Lipinski definition) is 6. The lowest BCUT2D eigenvalue weighted by Gasteiger charge is -2.27. The Balaban J connectivity index is 0.000000266. The summed E-state index contributed by atoms with van der Waals surface area (Å²) < 4.78 is 4.79. The molecule has 186 valence electrons. The van der Waals surface area contributed by atoms with Crippen molar-refractivity contribution in [1.29, 1.82) is 5.26 Å². The molecular weight excluding hydrogens is 432 g/mol. The molecule has 0 heterocycles. The van der Waals surface area contributed by atoms with Gasteiger partial charge in [-0.25, -0.2) is 0 Å². The van der Waals surface area contributed by atoms with E-state index in [4.69, 9.17) is 10.00 Å². The van der Waals surface area contributed by atoms with Crippen LogP contribution in [0.5, 0.6) is 0 Å². The number of carboxylic acid groups (broad SMARTS) is 1. The van der Waals surface area contributed by atoms with Gasteiger partial charge in [-0.1, -0.05) is 43.2 Å². The largest absolute Gasteiger partial charge is 0.549 e. The number of nitrogens with two attached hydrogens (primary N) is 1. The van der Waals surface area contributed by atoms with Crippen molar-refractivity contribution in [2.45, 2.75) is 89.6 Å². The average Bonchev–Trinajstić information content (AvgIpc) is 2.86. The Morgan fingerprint density at radius 1 is 1.00 bits per heavy atom. The molecule has 0 spiro atoms. The summed E-state index contributed by atoms with van der Waals surface area (Å²) in [7, 11) is 0. The first-order valence-electron chi connectivity index (χ1n) is 12.7. The Bertz CT molecular complexity index is 792. The number of nitriles is 1. The van der Waals surface area contributed by atoms with E-state index in [1.54, 1.807) is 25.1 Å². The number of carbonyl (C=O) groups is 3. The molecule has 2 saturated carbocycles. The molecule has 1 aromatic rings. The SMILES string of the molecule is C1CCC([NH2+]C2CCCCC2)CC1.CCOC(=O)C(CC(C#N)C(=O)[O-])C(=O)c1ccccc1. The molecule has 0 saturated heterocycles. The van der Waals surface area contributed by atoms with E-state index in [1.807, 2.05) is 0 Å². The Morgan fingerprint density at radius 3 is 1.97 bits per heavy atom. The monoisotopic (exact) mass is 470 g/mol. The van der Waals surface area contributed by atoms with Crippen LogP contribution >= 0.6 is 0 Å². The number of ether oxygens (including phenoxy) is 1. The van der Waals surface area contributed by atoms with Crippen LogP contribution in [0.2, 0.25) is 0 Å². The fraction of sp³-hybridized carbons (Fsp3) is 0.630. The van der Waals surface area contributed by atoms with Gasteiger partial charge >= 0.3 is 5.97 Å². The van der Waals surface area contributed by atoms with E-state index in [0.29, 0.717) is 0 Å². The number of Topliss-reactive ketones (excluding diaryl/α,β-unsaturated/α-hetero) is 1. The molecule has 0 radical (unpaired) electrons.